The summed E-state index contributed by atoms with van der Waals surface area (Å²) in [6, 6.07) is 32.7. The van der Waals surface area contributed by atoms with E-state index in [-0.39, 0.29) is 25.7 Å². The fourth-order valence-electron chi connectivity index (χ4n) is 6.01. The molecule has 0 saturated heterocycles. The van der Waals surface area contributed by atoms with Crippen LogP contribution in [-0.2, 0) is 26.5 Å². The van der Waals surface area contributed by atoms with Crippen LogP contribution >= 0.6 is 0 Å². The second kappa shape index (κ2) is 14.5. The van der Waals surface area contributed by atoms with E-state index in [2.05, 4.69) is 46.7 Å². The maximum absolute atomic E-state index is 8.75. The maximum Gasteiger partial charge on any atom is 0.216 e. The van der Waals surface area contributed by atoms with Gasteiger partial charge < -0.3 is 14.0 Å². The van der Waals surface area contributed by atoms with Crippen LogP contribution in [0.15, 0.2) is 114 Å². The summed E-state index contributed by atoms with van der Waals surface area (Å²) in [7, 11) is -1.70. The second-order valence-electron chi connectivity index (χ2n) is 14.2. The molecule has 0 N–H and O–H groups in total. The number of furan rings is 1. The van der Waals surface area contributed by atoms with Crippen LogP contribution in [0.3, 0.4) is 0 Å². The monoisotopic (exact) mass is 869 g/mol. The molecule has 0 aliphatic carbocycles. The Balaban J connectivity index is 0.000000198. The van der Waals surface area contributed by atoms with Gasteiger partial charge in [0.15, 0.2) is 0 Å². The predicted molar refractivity (Wildman–Crippen MR) is 208 cm³/mol. The SMILES string of the molecule is [2H]C([2H])([2H])c1c[c-]c(-c2nc3ccncc3n2-c2ccccc2)c2oc3ncccc3c12.[2H]C([2H])(c1cc(-c2[c-]cccc2)ncc1[Si](C)(C)C)C(C)(C)C.[Ir]. The zero-order valence-corrected chi connectivity index (χ0v) is 32.8. The topological polar surface area (TPSA) is 69.6 Å². The minimum atomic E-state index is -2.33. The third-order valence-electron chi connectivity index (χ3n) is 8.22. The van der Waals surface area contributed by atoms with Crippen LogP contribution in [0, 0.1) is 24.4 Å². The summed E-state index contributed by atoms with van der Waals surface area (Å²) in [6.07, 6.45) is 5.54. The predicted octanol–water partition coefficient (Wildman–Crippen LogP) is 10.2. The minimum absolute atomic E-state index is 0. The average molecular weight is 869 g/mol. The van der Waals surface area contributed by atoms with Gasteiger partial charge in [-0.2, -0.15) is 0 Å². The van der Waals surface area contributed by atoms with Crippen LogP contribution in [0.2, 0.25) is 19.6 Å². The Morgan fingerprint density at radius 3 is 2.45 bits per heavy atom. The summed E-state index contributed by atoms with van der Waals surface area (Å²) in [5.41, 5.74) is 5.97. The van der Waals surface area contributed by atoms with Gasteiger partial charge in [0, 0.05) is 56.6 Å². The summed E-state index contributed by atoms with van der Waals surface area (Å²) in [5, 5.41) is 2.25. The van der Waals surface area contributed by atoms with Crippen molar-refractivity contribution in [1.82, 2.24) is 24.5 Å². The van der Waals surface area contributed by atoms with E-state index in [1.165, 1.54) is 6.07 Å². The van der Waals surface area contributed by atoms with Crippen molar-refractivity contribution in [2.75, 3.05) is 0 Å². The summed E-state index contributed by atoms with van der Waals surface area (Å²) in [6.45, 7) is 10.2. The summed E-state index contributed by atoms with van der Waals surface area (Å²) < 4.78 is 49.7. The molecule has 6 nitrogen and oxygen atoms in total. The van der Waals surface area contributed by atoms with E-state index in [4.69, 9.17) is 16.3 Å². The molecule has 0 aliphatic rings. The van der Waals surface area contributed by atoms with E-state index in [9.17, 15) is 0 Å². The zero-order chi connectivity index (χ0) is 39.3. The normalized spacial score (nSPS) is 13.7. The Morgan fingerprint density at radius 1 is 0.922 bits per heavy atom. The molecule has 0 atom stereocenters. The number of aryl methyl sites for hydroxylation is 1. The average Bonchev–Trinajstić information content (AvgIpc) is 3.73. The van der Waals surface area contributed by atoms with Crippen molar-refractivity contribution in [3.05, 3.63) is 133 Å². The third kappa shape index (κ3) is 7.50. The number of imidazole rings is 1. The van der Waals surface area contributed by atoms with Gasteiger partial charge in [-0.1, -0.05) is 88.0 Å². The number of aromatic nitrogens is 5. The van der Waals surface area contributed by atoms with Gasteiger partial charge in [0.2, 0.25) is 5.71 Å². The van der Waals surface area contributed by atoms with Crippen LogP contribution in [0.1, 0.15) is 38.8 Å². The first kappa shape index (κ1) is 29.9. The Bertz CT molecular complexity index is 2650. The molecule has 51 heavy (non-hydrogen) atoms. The molecule has 3 aromatic carbocycles. The quantitative estimate of drug-likeness (QED) is 0.127. The molecule has 0 unspecified atom stereocenters. The van der Waals surface area contributed by atoms with Gasteiger partial charge in [0.05, 0.1) is 36.7 Å². The first-order chi connectivity index (χ1) is 26.0. The van der Waals surface area contributed by atoms with Crippen LogP contribution in [0.25, 0.3) is 61.4 Å². The fourth-order valence-corrected chi connectivity index (χ4v) is 7.41. The van der Waals surface area contributed by atoms with E-state index in [1.54, 1.807) is 24.7 Å². The van der Waals surface area contributed by atoms with Gasteiger partial charge in [-0.3, -0.25) is 9.97 Å². The molecular formula is C43H41IrN5OSi-2. The van der Waals surface area contributed by atoms with E-state index in [0.717, 1.165) is 38.7 Å². The number of hydrogen-bond acceptors (Lipinski definition) is 5. The van der Waals surface area contributed by atoms with E-state index >= 15 is 0 Å². The number of nitrogens with zero attached hydrogens (tertiary/aromatic N) is 5. The molecule has 259 valence electrons. The van der Waals surface area contributed by atoms with E-state index in [1.807, 2.05) is 104 Å². The molecule has 0 amide bonds. The van der Waals surface area contributed by atoms with Crippen molar-refractivity contribution in [2.24, 2.45) is 5.41 Å². The summed E-state index contributed by atoms with van der Waals surface area (Å²) >= 11 is 0. The molecule has 0 fully saturated rings. The molecule has 8 heteroatoms. The van der Waals surface area contributed by atoms with Gasteiger partial charge in [0.1, 0.15) is 0 Å². The number of fused-ring (bicyclic) bond motifs is 4. The van der Waals surface area contributed by atoms with Crippen LogP contribution in [0.4, 0.5) is 0 Å². The van der Waals surface area contributed by atoms with Crippen LogP contribution in [-0.4, -0.2) is 32.6 Å². The smallest absolute Gasteiger partial charge is 0.216 e. The number of pyridine rings is 3. The number of para-hydroxylation sites is 1. The van der Waals surface area contributed by atoms with Gasteiger partial charge in [-0.15, -0.1) is 53.6 Å². The minimum Gasteiger partial charge on any atom is -0.486 e. The number of rotatable bonds is 5. The van der Waals surface area contributed by atoms with Crippen molar-refractivity contribution in [3.8, 4) is 28.3 Å². The summed E-state index contributed by atoms with van der Waals surface area (Å²) in [4.78, 5) is 18.0. The Hall–Kier alpha value is -4.75. The zero-order valence-electron chi connectivity index (χ0n) is 34.4. The molecule has 5 aromatic heterocycles. The second-order valence-corrected chi connectivity index (χ2v) is 19.3. The fraction of sp³-hybridized carbons (Fsp3) is 0.209. The largest absolute Gasteiger partial charge is 0.486 e. The van der Waals surface area contributed by atoms with E-state index < -0.39 is 26.7 Å². The molecule has 1 radical (unpaired) electrons. The third-order valence-corrected chi connectivity index (χ3v) is 10.2. The molecule has 5 heterocycles. The first-order valence-corrected chi connectivity index (χ1v) is 20.1. The molecule has 8 aromatic rings. The number of hydrogen-bond donors (Lipinski definition) is 0. The van der Waals surface area contributed by atoms with Crippen molar-refractivity contribution in [2.45, 2.75) is 53.6 Å². The molecule has 8 rings (SSSR count). The van der Waals surface area contributed by atoms with Gasteiger partial charge in [-0.25, -0.2) is 4.98 Å². The van der Waals surface area contributed by atoms with Crippen molar-refractivity contribution in [3.63, 3.8) is 0 Å². The van der Waals surface area contributed by atoms with Gasteiger partial charge in [-0.05, 0) is 53.0 Å². The van der Waals surface area contributed by atoms with E-state index in [0.29, 0.717) is 33.5 Å². The summed E-state index contributed by atoms with van der Waals surface area (Å²) in [5.74, 6) is 0.584. The maximum atomic E-state index is 8.75. The molecule has 0 aliphatic heterocycles. The van der Waals surface area contributed by atoms with Crippen LogP contribution < -0.4 is 5.19 Å². The van der Waals surface area contributed by atoms with Crippen molar-refractivity contribution < 1.29 is 31.4 Å². The molecule has 0 spiro atoms. The van der Waals surface area contributed by atoms with Gasteiger partial charge >= 0.3 is 0 Å². The standard InChI is InChI=1S/C24H15N4O.C19H26NSi.Ir/c1-15-9-10-18(22-21(15)17-8-5-12-26-24(17)29-22)23-27-19-11-13-25-14-20(19)28(23)16-6-3-2-4-7-16;1-19(2,3)13-16-12-17(15-10-8-7-9-11-15)20-14-18(16)21(4,5)6;/h2-9,11-14H,1H3;7-10,12,14H,13H2,1-6H3;/q2*-1;/i1D3;13D2;. The first-order valence-electron chi connectivity index (χ1n) is 19.1. The number of benzene rings is 3. The van der Waals surface area contributed by atoms with Crippen molar-refractivity contribution >= 4 is 46.4 Å². The molecule has 0 bridgehead atoms. The van der Waals surface area contributed by atoms with Crippen LogP contribution in [0.5, 0.6) is 0 Å². The Morgan fingerprint density at radius 2 is 1.73 bits per heavy atom. The Kier molecular flexibility index (Phi) is 8.49. The van der Waals surface area contributed by atoms with Gasteiger partial charge in [0.25, 0.3) is 0 Å². The molecule has 0 saturated carbocycles. The molecular weight excluding hydrogens is 823 g/mol. The van der Waals surface area contributed by atoms with Crippen molar-refractivity contribution in [1.29, 1.82) is 0 Å². The Labute approximate surface area is 321 Å².